The largest absolute Gasteiger partial charge is 0.508 e. The third kappa shape index (κ3) is 7.34. The number of benzene rings is 2. The van der Waals surface area contributed by atoms with Gasteiger partial charge in [-0.2, -0.15) is 0 Å². The lowest BCUT2D eigenvalue weighted by molar-refractivity contribution is 0.0954. The fourth-order valence-corrected chi connectivity index (χ4v) is 4.75. The second kappa shape index (κ2) is 12.7. The molecule has 2 aromatic carbocycles. The van der Waals surface area contributed by atoms with Gasteiger partial charge in [-0.3, -0.25) is 4.79 Å². The van der Waals surface area contributed by atoms with Gasteiger partial charge in [0.1, 0.15) is 11.6 Å². The van der Waals surface area contributed by atoms with E-state index in [4.69, 9.17) is 0 Å². The van der Waals surface area contributed by atoms with Crippen LogP contribution >= 0.6 is 0 Å². The molecule has 0 aliphatic rings. The Morgan fingerprint density at radius 2 is 1.74 bits per heavy atom. The van der Waals surface area contributed by atoms with Crippen molar-refractivity contribution in [1.29, 1.82) is 0 Å². The van der Waals surface area contributed by atoms with Gasteiger partial charge < -0.3 is 25.4 Å². The molecule has 7 heteroatoms. The molecule has 0 radical (unpaired) electrons. The highest BCUT2D eigenvalue weighted by Crippen LogP contribution is 2.18. The zero-order chi connectivity index (χ0) is 27.9. The zero-order valence-electron chi connectivity index (χ0n) is 23.1. The van der Waals surface area contributed by atoms with Crippen LogP contribution in [0, 0.1) is 20.8 Å². The average molecular weight is 527 g/mol. The molecule has 0 saturated heterocycles. The number of carbonyl (C=O) groups excluding carboxylic acids is 1. The molecule has 4 N–H and O–H groups in total. The number of phenols is 1. The second-order valence-electron chi connectivity index (χ2n) is 10.3. The summed E-state index contributed by atoms with van der Waals surface area (Å²) < 4.78 is 2.08. The number of phenolic OH excluding ortho intramolecular Hbond substituents is 1. The van der Waals surface area contributed by atoms with Gasteiger partial charge in [0.05, 0.1) is 6.10 Å². The van der Waals surface area contributed by atoms with Gasteiger partial charge in [-0.1, -0.05) is 30.3 Å². The first-order valence-corrected chi connectivity index (χ1v) is 13.4. The number of hydrogen-bond donors (Lipinski definition) is 4. The van der Waals surface area contributed by atoms with Crippen molar-refractivity contribution in [2.75, 3.05) is 13.1 Å². The number of aryl methyl sites for hydroxylation is 3. The van der Waals surface area contributed by atoms with E-state index in [2.05, 4.69) is 39.2 Å². The quantitative estimate of drug-likeness (QED) is 0.226. The predicted molar refractivity (Wildman–Crippen MR) is 154 cm³/mol. The fourth-order valence-electron chi connectivity index (χ4n) is 4.75. The maximum atomic E-state index is 12.7. The number of aliphatic hydroxyl groups excluding tert-OH is 1. The third-order valence-corrected chi connectivity index (χ3v) is 7.01. The van der Waals surface area contributed by atoms with Crippen molar-refractivity contribution in [3.05, 3.63) is 112 Å². The molecule has 4 rings (SSSR count). The third-order valence-electron chi connectivity index (χ3n) is 7.01. The SMILES string of the molecule is Cc1cc(CCNC(=O)c2cccc(C[C@@H](C)NC[C@H](O)c3ccc(-n4c(C)ccc4C)nc3)c2)ccc1O. The number of rotatable bonds is 11. The van der Waals surface area contributed by atoms with E-state index in [9.17, 15) is 15.0 Å². The second-order valence-corrected chi connectivity index (χ2v) is 10.3. The van der Waals surface area contributed by atoms with Crippen LogP contribution in [0.3, 0.4) is 0 Å². The molecule has 2 heterocycles. The predicted octanol–water partition coefficient (Wildman–Crippen LogP) is 4.73. The van der Waals surface area contributed by atoms with E-state index in [1.165, 1.54) is 0 Å². The Labute approximate surface area is 230 Å². The van der Waals surface area contributed by atoms with E-state index < -0.39 is 6.10 Å². The van der Waals surface area contributed by atoms with Gasteiger partial charge in [0.15, 0.2) is 0 Å². The summed E-state index contributed by atoms with van der Waals surface area (Å²) in [6.07, 6.45) is 2.48. The van der Waals surface area contributed by atoms with E-state index in [0.29, 0.717) is 25.1 Å². The molecular formula is C32H38N4O3. The van der Waals surface area contributed by atoms with Gasteiger partial charge in [0.25, 0.3) is 5.91 Å². The molecule has 2 atom stereocenters. The topological polar surface area (TPSA) is 99.4 Å². The lowest BCUT2D eigenvalue weighted by atomic mass is 10.0. The van der Waals surface area contributed by atoms with Crippen molar-refractivity contribution in [1.82, 2.24) is 20.2 Å². The van der Waals surface area contributed by atoms with Gasteiger partial charge in [-0.15, -0.1) is 0 Å². The normalized spacial score (nSPS) is 12.7. The maximum Gasteiger partial charge on any atom is 0.251 e. The molecule has 4 aromatic rings. The number of nitrogens with zero attached hydrogens (tertiary/aromatic N) is 2. The van der Waals surface area contributed by atoms with E-state index in [-0.39, 0.29) is 17.7 Å². The lowest BCUT2D eigenvalue weighted by Gasteiger charge is -2.18. The number of hydrogen-bond acceptors (Lipinski definition) is 5. The monoisotopic (exact) mass is 526 g/mol. The van der Waals surface area contributed by atoms with Crippen molar-refractivity contribution in [3.8, 4) is 11.6 Å². The van der Waals surface area contributed by atoms with Crippen molar-refractivity contribution in [3.63, 3.8) is 0 Å². The van der Waals surface area contributed by atoms with Crippen LogP contribution in [0.15, 0.2) is 72.9 Å². The van der Waals surface area contributed by atoms with Gasteiger partial charge >= 0.3 is 0 Å². The van der Waals surface area contributed by atoms with Crippen molar-refractivity contribution >= 4 is 5.91 Å². The Hall–Kier alpha value is -3.94. The van der Waals surface area contributed by atoms with E-state index in [0.717, 1.165) is 45.9 Å². The van der Waals surface area contributed by atoms with Crippen molar-refractivity contribution < 1.29 is 15.0 Å². The Balaban J connectivity index is 1.25. The van der Waals surface area contributed by atoms with Crippen LogP contribution in [0.4, 0.5) is 0 Å². The number of carbonyl (C=O) groups is 1. The molecule has 2 aromatic heterocycles. The molecule has 39 heavy (non-hydrogen) atoms. The number of amides is 1. The number of aromatic nitrogens is 2. The van der Waals surface area contributed by atoms with Gasteiger partial charge in [0, 0.05) is 47.8 Å². The molecule has 0 spiro atoms. The van der Waals surface area contributed by atoms with E-state index in [1.54, 1.807) is 12.3 Å². The average Bonchev–Trinajstić information content (AvgIpc) is 3.27. The summed E-state index contributed by atoms with van der Waals surface area (Å²) in [4.78, 5) is 17.3. The summed E-state index contributed by atoms with van der Waals surface area (Å²) in [6, 6.07) is 21.2. The highest BCUT2D eigenvalue weighted by Gasteiger charge is 2.13. The summed E-state index contributed by atoms with van der Waals surface area (Å²) in [5, 5.41) is 26.8. The molecular weight excluding hydrogens is 488 g/mol. The Bertz CT molecular complexity index is 1390. The van der Waals surface area contributed by atoms with Gasteiger partial charge in [-0.05, 0) is 93.6 Å². The molecule has 7 nitrogen and oxygen atoms in total. The summed E-state index contributed by atoms with van der Waals surface area (Å²) in [7, 11) is 0. The molecule has 1 amide bonds. The van der Waals surface area contributed by atoms with Crippen LogP contribution in [0.1, 0.15) is 57.0 Å². The smallest absolute Gasteiger partial charge is 0.251 e. The number of aromatic hydroxyl groups is 1. The molecule has 0 fully saturated rings. The number of nitrogens with one attached hydrogen (secondary N) is 2. The Kier molecular flexibility index (Phi) is 9.17. The van der Waals surface area contributed by atoms with Crippen LogP contribution in [-0.2, 0) is 12.8 Å². The first-order valence-electron chi connectivity index (χ1n) is 13.4. The Morgan fingerprint density at radius 1 is 0.974 bits per heavy atom. The minimum absolute atomic E-state index is 0.105. The van der Waals surface area contributed by atoms with Crippen molar-refractivity contribution in [2.45, 2.75) is 52.7 Å². The Morgan fingerprint density at radius 3 is 2.44 bits per heavy atom. The standard InChI is InChI=1S/C32H38N4O3/c1-21-16-25(10-12-29(21)37)14-15-33-32(39)27-7-5-6-26(18-27)17-22(2)34-20-30(38)28-11-13-31(35-19-28)36-23(3)8-9-24(36)4/h5-13,16,18-19,22,30,34,37-38H,14-15,17,20H2,1-4H3,(H,33,39)/t22-,30+/m1/s1. The van der Waals surface area contributed by atoms with Crippen LogP contribution in [0.5, 0.6) is 5.75 Å². The maximum absolute atomic E-state index is 12.7. The summed E-state index contributed by atoms with van der Waals surface area (Å²) >= 11 is 0. The van der Waals surface area contributed by atoms with Crippen LogP contribution in [0.25, 0.3) is 5.82 Å². The summed E-state index contributed by atoms with van der Waals surface area (Å²) in [5.74, 6) is 1.01. The molecule has 0 saturated carbocycles. The van der Waals surface area contributed by atoms with Crippen LogP contribution in [-0.4, -0.2) is 44.8 Å². The highest BCUT2D eigenvalue weighted by molar-refractivity contribution is 5.94. The zero-order valence-corrected chi connectivity index (χ0v) is 23.1. The number of aliphatic hydroxyl groups is 1. The summed E-state index contributed by atoms with van der Waals surface area (Å²) in [6.45, 7) is 8.94. The van der Waals surface area contributed by atoms with Crippen LogP contribution < -0.4 is 10.6 Å². The van der Waals surface area contributed by atoms with Gasteiger partial charge in [-0.25, -0.2) is 4.98 Å². The highest BCUT2D eigenvalue weighted by atomic mass is 16.3. The minimum atomic E-state index is -0.671. The van der Waals surface area contributed by atoms with Crippen molar-refractivity contribution in [2.24, 2.45) is 0 Å². The first kappa shape index (κ1) is 28.1. The molecule has 0 aliphatic heterocycles. The first-order chi connectivity index (χ1) is 18.7. The molecule has 0 aliphatic carbocycles. The lowest BCUT2D eigenvalue weighted by Crippen LogP contribution is -2.32. The molecule has 0 unspecified atom stereocenters. The van der Waals surface area contributed by atoms with Gasteiger partial charge in [0.2, 0.25) is 0 Å². The van der Waals surface area contributed by atoms with E-state index >= 15 is 0 Å². The molecule has 204 valence electrons. The fraction of sp³-hybridized carbons (Fsp3) is 0.312. The number of pyridine rings is 1. The summed E-state index contributed by atoms with van der Waals surface area (Å²) in [5.41, 5.74) is 6.58. The molecule has 0 bridgehead atoms. The van der Waals surface area contributed by atoms with Crippen LogP contribution in [0.2, 0.25) is 0 Å². The minimum Gasteiger partial charge on any atom is -0.508 e. The van der Waals surface area contributed by atoms with E-state index in [1.807, 2.05) is 69.3 Å².